The van der Waals surface area contributed by atoms with Crippen LogP contribution in [0.15, 0.2) is 18.2 Å². The zero-order valence-electron chi connectivity index (χ0n) is 21.8. The summed E-state index contributed by atoms with van der Waals surface area (Å²) in [6, 6.07) is 3.15. The number of methoxy groups -OCH3 is 1. The Balaban J connectivity index is 1.65. The van der Waals surface area contributed by atoms with E-state index in [9.17, 15) is 18.4 Å². The number of ether oxygens (including phenoxy) is 3. The van der Waals surface area contributed by atoms with Gasteiger partial charge in [0, 0.05) is 57.4 Å². The lowest BCUT2D eigenvalue weighted by molar-refractivity contribution is -0.00905. The molecular formula is C26H40F2N4O5. The Morgan fingerprint density at radius 2 is 1.97 bits per heavy atom. The SMILES string of the molecule is CNC[C@H](C[C@@H]1CCCOC1)NC(=O)N1CCCC([C@@H](OCCNC(=O)OC)c2cc(F)cc(F)c2)C1. The summed E-state index contributed by atoms with van der Waals surface area (Å²) in [6.45, 7) is 3.44. The van der Waals surface area contributed by atoms with E-state index in [2.05, 4.69) is 20.7 Å². The maximum atomic E-state index is 14.1. The third-order valence-electron chi connectivity index (χ3n) is 6.89. The average Bonchev–Trinajstić information content (AvgIpc) is 2.88. The fourth-order valence-corrected chi connectivity index (χ4v) is 5.20. The molecule has 0 spiro atoms. The maximum absolute atomic E-state index is 14.1. The first-order valence-electron chi connectivity index (χ1n) is 13.1. The van der Waals surface area contributed by atoms with Crippen LogP contribution in [0.1, 0.15) is 43.8 Å². The van der Waals surface area contributed by atoms with Crippen molar-refractivity contribution in [2.45, 2.75) is 44.2 Å². The van der Waals surface area contributed by atoms with Gasteiger partial charge >= 0.3 is 12.1 Å². The lowest BCUT2D eigenvalue weighted by Crippen LogP contribution is -2.52. The minimum Gasteiger partial charge on any atom is -0.453 e. The first kappa shape index (κ1) is 29.1. The Hall–Kier alpha value is -2.50. The second-order valence-corrected chi connectivity index (χ2v) is 9.78. The number of benzene rings is 1. The number of carbonyl (C=O) groups is 2. The van der Waals surface area contributed by atoms with Crippen LogP contribution in [-0.4, -0.2) is 83.2 Å². The van der Waals surface area contributed by atoms with Gasteiger partial charge < -0.3 is 35.1 Å². The summed E-state index contributed by atoms with van der Waals surface area (Å²) < 4.78 is 44.3. The number of urea groups is 1. The molecule has 208 valence electrons. The highest BCUT2D eigenvalue weighted by Crippen LogP contribution is 2.34. The van der Waals surface area contributed by atoms with E-state index in [1.807, 2.05) is 7.05 Å². The molecule has 3 amide bonds. The Morgan fingerprint density at radius 1 is 1.19 bits per heavy atom. The Kier molecular flexibility index (Phi) is 11.8. The number of nitrogens with one attached hydrogen (secondary N) is 3. The number of alkyl carbamates (subject to hydrolysis) is 1. The second-order valence-electron chi connectivity index (χ2n) is 9.78. The number of likely N-dealkylation sites (tertiary alicyclic amines) is 1. The zero-order chi connectivity index (χ0) is 26.6. The average molecular weight is 527 g/mol. The molecule has 37 heavy (non-hydrogen) atoms. The maximum Gasteiger partial charge on any atom is 0.406 e. The van der Waals surface area contributed by atoms with Crippen molar-refractivity contribution in [2.24, 2.45) is 11.8 Å². The van der Waals surface area contributed by atoms with E-state index in [0.29, 0.717) is 31.1 Å². The van der Waals surface area contributed by atoms with Gasteiger partial charge in [-0.1, -0.05) is 0 Å². The number of carbonyl (C=O) groups excluding carboxylic acids is 2. The minimum absolute atomic E-state index is 0.0293. The normalized spacial score (nSPS) is 21.7. The molecule has 1 unspecified atom stereocenters. The van der Waals surface area contributed by atoms with E-state index in [4.69, 9.17) is 9.47 Å². The van der Waals surface area contributed by atoms with Crippen molar-refractivity contribution in [2.75, 3.05) is 60.2 Å². The fraction of sp³-hybridized carbons (Fsp3) is 0.692. The van der Waals surface area contributed by atoms with E-state index in [0.717, 1.165) is 51.4 Å². The standard InChI is InChI=1S/C26H40F2N4O5/c1-29-15-23(11-18-5-4-9-36-17-18)31-25(33)32-8-3-6-19(16-32)24(37-10-7-30-26(34)35-2)20-12-21(27)14-22(28)13-20/h12-14,18-19,23-24,29H,3-11,15-17H2,1-2H3,(H,30,34)(H,31,33)/t18-,19?,23-,24+/m0/s1. The van der Waals surface area contributed by atoms with Crippen LogP contribution in [-0.2, 0) is 14.2 Å². The molecule has 0 radical (unpaired) electrons. The summed E-state index contributed by atoms with van der Waals surface area (Å²) in [5.74, 6) is -1.14. The number of amides is 3. The summed E-state index contributed by atoms with van der Waals surface area (Å²) >= 11 is 0. The Morgan fingerprint density at radius 3 is 2.65 bits per heavy atom. The summed E-state index contributed by atoms with van der Waals surface area (Å²) in [7, 11) is 3.13. The van der Waals surface area contributed by atoms with Crippen molar-refractivity contribution in [3.8, 4) is 0 Å². The lowest BCUT2D eigenvalue weighted by Gasteiger charge is -2.38. The smallest absolute Gasteiger partial charge is 0.406 e. The van der Waals surface area contributed by atoms with Gasteiger partial charge in [-0.3, -0.25) is 0 Å². The molecule has 11 heteroatoms. The topological polar surface area (TPSA) is 101 Å². The number of hydrogen-bond acceptors (Lipinski definition) is 6. The molecule has 9 nitrogen and oxygen atoms in total. The van der Waals surface area contributed by atoms with Gasteiger partial charge in [-0.15, -0.1) is 0 Å². The lowest BCUT2D eigenvalue weighted by atomic mass is 9.88. The Labute approximate surface area is 217 Å². The number of hydrogen-bond donors (Lipinski definition) is 3. The second kappa shape index (κ2) is 15.0. The number of nitrogens with zero attached hydrogens (tertiary/aromatic N) is 1. The summed E-state index contributed by atoms with van der Waals surface area (Å²) in [6.07, 6.45) is 3.21. The first-order valence-corrected chi connectivity index (χ1v) is 13.1. The van der Waals surface area contributed by atoms with Crippen LogP contribution in [0.3, 0.4) is 0 Å². The van der Waals surface area contributed by atoms with Crippen LogP contribution in [0.4, 0.5) is 18.4 Å². The van der Waals surface area contributed by atoms with Gasteiger partial charge in [0.05, 0.1) is 19.8 Å². The minimum atomic E-state index is -0.691. The molecule has 3 N–H and O–H groups in total. The molecular weight excluding hydrogens is 486 g/mol. The molecule has 2 saturated heterocycles. The first-order chi connectivity index (χ1) is 17.9. The van der Waals surface area contributed by atoms with Crippen molar-refractivity contribution >= 4 is 12.1 Å². The molecule has 4 atom stereocenters. The van der Waals surface area contributed by atoms with Gasteiger partial charge in [0.25, 0.3) is 0 Å². The third-order valence-corrected chi connectivity index (χ3v) is 6.89. The van der Waals surface area contributed by atoms with E-state index < -0.39 is 23.8 Å². The van der Waals surface area contributed by atoms with Gasteiger partial charge in [0.15, 0.2) is 0 Å². The molecule has 1 aromatic carbocycles. The van der Waals surface area contributed by atoms with Gasteiger partial charge in [-0.2, -0.15) is 0 Å². The monoisotopic (exact) mass is 526 g/mol. The van der Waals surface area contributed by atoms with Crippen LogP contribution in [0.25, 0.3) is 0 Å². The predicted molar refractivity (Wildman–Crippen MR) is 134 cm³/mol. The molecule has 2 fully saturated rings. The van der Waals surface area contributed by atoms with E-state index in [1.54, 1.807) is 4.90 Å². The predicted octanol–water partition coefficient (Wildman–Crippen LogP) is 3.20. The van der Waals surface area contributed by atoms with Crippen LogP contribution >= 0.6 is 0 Å². The number of rotatable bonds is 11. The molecule has 2 aliphatic heterocycles. The quantitative estimate of drug-likeness (QED) is 0.383. The molecule has 3 rings (SSSR count). The third kappa shape index (κ3) is 9.39. The van der Waals surface area contributed by atoms with E-state index >= 15 is 0 Å². The van der Waals surface area contributed by atoms with Gasteiger partial charge in [0.2, 0.25) is 0 Å². The Bertz CT molecular complexity index is 851. The molecule has 1 aromatic rings. The van der Waals surface area contributed by atoms with E-state index in [-0.39, 0.29) is 31.1 Å². The van der Waals surface area contributed by atoms with Gasteiger partial charge in [-0.25, -0.2) is 18.4 Å². The summed E-state index contributed by atoms with van der Waals surface area (Å²) in [5.41, 5.74) is 0.369. The number of halogens is 2. The zero-order valence-corrected chi connectivity index (χ0v) is 21.8. The van der Waals surface area contributed by atoms with Crippen LogP contribution < -0.4 is 16.0 Å². The van der Waals surface area contributed by atoms with Crippen molar-refractivity contribution in [3.63, 3.8) is 0 Å². The number of piperidine rings is 1. The molecule has 2 heterocycles. The molecule has 0 bridgehead atoms. The van der Waals surface area contributed by atoms with Gasteiger partial charge in [-0.05, 0) is 62.8 Å². The summed E-state index contributed by atoms with van der Waals surface area (Å²) in [5, 5.41) is 8.87. The van der Waals surface area contributed by atoms with Crippen molar-refractivity contribution in [3.05, 3.63) is 35.4 Å². The van der Waals surface area contributed by atoms with Gasteiger partial charge in [0.1, 0.15) is 11.6 Å². The van der Waals surface area contributed by atoms with Crippen molar-refractivity contribution in [1.82, 2.24) is 20.9 Å². The number of likely N-dealkylation sites (N-methyl/N-ethyl adjacent to an activating group) is 1. The molecule has 0 aromatic heterocycles. The largest absolute Gasteiger partial charge is 0.453 e. The molecule has 0 saturated carbocycles. The van der Waals surface area contributed by atoms with E-state index in [1.165, 1.54) is 19.2 Å². The highest BCUT2D eigenvalue weighted by atomic mass is 19.1. The molecule has 0 aliphatic carbocycles. The van der Waals surface area contributed by atoms with Crippen molar-refractivity contribution < 1.29 is 32.6 Å². The van der Waals surface area contributed by atoms with Crippen molar-refractivity contribution in [1.29, 1.82) is 0 Å². The summed E-state index contributed by atoms with van der Waals surface area (Å²) in [4.78, 5) is 26.3. The highest BCUT2D eigenvalue weighted by molar-refractivity contribution is 5.74. The van der Waals surface area contributed by atoms with Crippen LogP contribution in [0, 0.1) is 23.5 Å². The molecule has 2 aliphatic rings. The van der Waals surface area contributed by atoms with Crippen LogP contribution in [0.2, 0.25) is 0 Å². The van der Waals surface area contributed by atoms with Crippen LogP contribution in [0.5, 0.6) is 0 Å². The highest BCUT2D eigenvalue weighted by Gasteiger charge is 2.32. The fourth-order valence-electron chi connectivity index (χ4n) is 5.20.